The van der Waals surface area contributed by atoms with Crippen LogP contribution in [0.1, 0.15) is 48.9 Å². The molecule has 0 bridgehead atoms. The van der Waals surface area contributed by atoms with Crippen LogP contribution in [0.2, 0.25) is 8.67 Å². The molecule has 0 unspecified atom stereocenters. The fourth-order valence-corrected chi connectivity index (χ4v) is 3.94. The third-order valence-electron chi connectivity index (χ3n) is 3.45. The number of nitrogens with one attached hydrogen (secondary N) is 1. The van der Waals surface area contributed by atoms with E-state index < -0.39 is 0 Å². The second kappa shape index (κ2) is 6.78. The number of amides is 1. The highest BCUT2D eigenvalue weighted by Gasteiger charge is 2.16. The second-order valence-electron chi connectivity index (χ2n) is 4.79. The summed E-state index contributed by atoms with van der Waals surface area (Å²) in [7, 11) is 0. The van der Waals surface area contributed by atoms with Crippen LogP contribution in [0.3, 0.4) is 0 Å². The monoisotopic (exact) mass is 305 g/mol. The van der Waals surface area contributed by atoms with Gasteiger partial charge in [-0.3, -0.25) is 4.79 Å². The number of rotatable bonds is 5. The number of halogens is 2. The van der Waals surface area contributed by atoms with Gasteiger partial charge >= 0.3 is 0 Å². The third kappa shape index (κ3) is 3.87. The van der Waals surface area contributed by atoms with Crippen LogP contribution >= 0.6 is 34.5 Å². The Labute approximate surface area is 122 Å². The van der Waals surface area contributed by atoms with E-state index in [-0.39, 0.29) is 5.91 Å². The van der Waals surface area contributed by atoms with Gasteiger partial charge in [0.2, 0.25) is 0 Å². The van der Waals surface area contributed by atoms with Crippen molar-refractivity contribution in [3.8, 4) is 0 Å². The van der Waals surface area contributed by atoms with Gasteiger partial charge in [0, 0.05) is 6.54 Å². The SMILES string of the molecule is O=C(NCCCC1CCCC1)c1cc(Cl)sc1Cl. The smallest absolute Gasteiger partial charge is 0.253 e. The highest BCUT2D eigenvalue weighted by atomic mass is 35.5. The van der Waals surface area contributed by atoms with Gasteiger partial charge in [-0.05, 0) is 24.8 Å². The van der Waals surface area contributed by atoms with Gasteiger partial charge in [0.1, 0.15) is 4.34 Å². The lowest BCUT2D eigenvalue weighted by Crippen LogP contribution is -2.24. The van der Waals surface area contributed by atoms with E-state index in [2.05, 4.69) is 5.32 Å². The summed E-state index contributed by atoms with van der Waals surface area (Å²) in [4.78, 5) is 11.8. The minimum Gasteiger partial charge on any atom is -0.352 e. The summed E-state index contributed by atoms with van der Waals surface area (Å²) in [5.41, 5.74) is 0.493. The number of hydrogen-bond acceptors (Lipinski definition) is 2. The van der Waals surface area contributed by atoms with Crippen molar-refractivity contribution in [1.82, 2.24) is 5.32 Å². The van der Waals surface area contributed by atoms with Gasteiger partial charge in [-0.25, -0.2) is 0 Å². The second-order valence-corrected chi connectivity index (χ2v) is 7.07. The molecule has 100 valence electrons. The highest BCUT2D eigenvalue weighted by Crippen LogP contribution is 2.31. The van der Waals surface area contributed by atoms with E-state index in [4.69, 9.17) is 23.2 Å². The van der Waals surface area contributed by atoms with E-state index >= 15 is 0 Å². The average Bonchev–Trinajstić information content (AvgIpc) is 2.94. The molecule has 2 nitrogen and oxygen atoms in total. The maximum absolute atomic E-state index is 11.8. The molecule has 1 aromatic rings. The fraction of sp³-hybridized carbons (Fsp3) is 0.615. The Hall–Kier alpha value is -0.250. The molecule has 1 fully saturated rings. The van der Waals surface area contributed by atoms with Crippen LogP contribution in [-0.2, 0) is 0 Å². The van der Waals surface area contributed by atoms with Crippen LogP contribution in [0, 0.1) is 5.92 Å². The quantitative estimate of drug-likeness (QED) is 0.781. The zero-order valence-electron chi connectivity index (χ0n) is 10.2. The molecule has 1 aliphatic rings. The van der Waals surface area contributed by atoms with Gasteiger partial charge in [0.05, 0.1) is 9.90 Å². The Morgan fingerprint density at radius 1 is 1.39 bits per heavy atom. The van der Waals surface area contributed by atoms with Crippen molar-refractivity contribution in [3.63, 3.8) is 0 Å². The Balaban J connectivity index is 1.70. The first-order chi connectivity index (χ1) is 8.66. The molecule has 5 heteroatoms. The van der Waals surface area contributed by atoms with Gasteiger partial charge < -0.3 is 5.32 Å². The zero-order valence-corrected chi connectivity index (χ0v) is 12.5. The van der Waals surface area contributed by atoms with Crippen molar-refractivity contribution >= 4 is 40.4 Å². The minimum atomic E-state index is -0.116. The fourth-order valence-electron chi connectivity index (χ4n) is 2.48. The van der Waals surface area contributed by atoms with E-state index in [9.17, 15) is 4.79 Å². The van der Waals surface area contributed by atoms with Crippen LogP contribution in [0.5, 0.6) is 0 Å². The van der Waals surface area contributed by atoms with Crippen molar-refractivity contribution in [2.45, 2.75) is 38.5 Å². The molecule has 2 rings (SSSR count). The van der Waals surface area contributed by atoms with Gasteiger partial charge in [0.25, 0.3) is 5.91 Å². The molecule has 1 aromatic heterocycles. The molecule has 1 heterocycles. The van der Waals surface area contributed by atoms with Crippen molar-refractivity contribution in [1.29, 1.82) is 0 Å². The zero-order chi connectivity index (χ0) is 13.0. The van der Waals surface area contributed by atoms with Gasteiger partial charge in [0.15, 0.2) is 0 Å². The lowest BCUT2D eigenvalue weighted by atomic mass is 10.0. The number of carbonyl (C=O) groups is 1. The van der Waals surface area contributed by atoms with Crippen LogP contribution in [0.4, 0.5) is 0 Å². The summed E-state index contributed by atoms with van der Waals surface area (Å²) in [5.74, 6) is 0.760. The first-order valence-corrected chi connectivity index (χ1v) is 7.97. The van der Waals surface area contributed by atoms with Crippen molar-refractivity contribution < 1.29 is 4.79 Å². The van der Waals surface area contributed by atoms with Gasteiger partial charge in [-0.2, -0.15) is 0 Å². The Kier molecular flexibility index (Phi) is 5.34. The van der Waals surface area contributed by atoms with E-state index in [0.29, 0.717) is 14.2 Å². The summed E-state index contributed by atoms with van der Waals surface area (Å²) in [6.45, 7) is 0.721. The molecule has 1 amide bonds. The van der Waals surface area contributed by atoms with Crippen LogP contribution in [-0.4, -0.2) is 12.5 Å². The molecule has 1 saturated carbocycles. The highest BCUT2D eigenvalue weighted by molar-refractivity contribution is 7.20. The molecule has 0 aliphatic heterocycles. The molecule has 0 saturated heterocycles. The largest absolute Gasteiger partial charge is 0.352 e. The molecule has 1 N–H and O–H groups in total. The van der Waals surface area contributed by atoms with Crippen LogP contribution in [0.25, 0.3) is 0 Å². The Bertz CT molecular complexity index is 413. The average molecular weight is 306 g/mol. The molecule has 1 aliphatic carbocycles. The van der Waals surface area contributed by atoms with Crippen LogP contribution in [0.15, 0.2) is 6.07 Å². The van der Waals surface area contributed by atoms with Crippen molar-refractivity contribution in [2.75, 3.05) is 6.54 Å². The molecule has 0 radical (unpaired) electrons. The number of thiophene rings is 1. The van der Waals surface area contributed by atoms with Crippen molar-refractivity contribution in [2.24, 2.45) is 5.92 Å². The third-order valence-corrected chi connectivity index (χ3v) is 4.94. The summed E-state index contributed by atoms with van der Waals surface area (Å²) in [6.07, 6.45) is 7.74. The lowest BCUT2D eigenvalue weighted by molar-refractivity contribution is 0.0953. The number of hydrogen-bond donors (Lipinski definition) is 1. The van der Waals surface area contributed by atoms with E-state index in [1.807, 2.05) is 0 Å². The number of carbonyl (C=O) groups excluding carboxylic acids is 1. The Morgan fingerprint density at radius 2 is 2.11 bits per heavy atom. The molecular formula is C13H17Cl2NOS. The summed E-state index contributed by atoms with van der Waals surface area (Å²) >= 11 is 13.0. The van der Waals surface area contributed by atoms with E-state index in [1.165, 1.54) is 43.4 Å². The van der Waals surface area contributed by atoms with Gasteiger partial charge in [-0.1, -0.05) is 48.9 Å². The molecular weight excluding hydrogens is 289 g/mol. The normalized spacial score (nSPS) is 16.1. The standard InChI is InChI=1S/C13H17Cl2NOS/c14-11-8-10(12(15)18-11)13(17)16-7-3-6-9-4-1-2-5-9/h8-9H,1-7H2,(H,16,17). The van der Waals surface area contributed by atoms with Crippen LogP contribution < -0.4 is 5.32 Å². The molecule has 0 aromatic carbocycles. The lowest BCUT2D eigenvalue weighted by Gasteiger charge is -2.09. The van der Waals surface area contributed by atoms with E-state index in [1.54, 1.807) is 6.07 Å². The first kappa shape index (κ1) is 14.2. The first-order valence-electron chi connectivity index (χ1n) is 6.40. The predicted molar refractivity (Wildman–Crippen MR) is 77.9 cm³/mol. The molecule has 18 heavy (non-hydrogen) atoms. The Morgan fingerprint density at radius 3 is 2.72 bits per heavy atom. The van der Waals surface area contributed by atoms with Crippen molar-refractivity contribution in [3.05, 3.63) is 20.3 Å². The minimum absolute atomic E-state index is 0.116. The summed E-state index contributed by atoms with van der Waals surface area (Å²) in [6, 6.07) is 1.63. The molecule has 0 atom stereocenters. The topological polar surface area (TPSA) is 29.1 Å². The maximum Gasteiger partial charge on any atom is 0.253 e. The summed E-state index contributed by atoms with van der Waals surface area (Å²) in [5, 5.41) is 2.90. The van der Waals surface area contributed by atoms with Gasteiger partial charge in [-0.15, -0.1) is 11.3 Å². The predicted octanol–water partition coefficient (Wildman–Crippen LogP) is 4.76. The summed E-state index contributed by atoms with van der Waals surface area (Å²) < 4.78 is 1.02. The molecule has 0 spiro atoms. The maximum atomic E-state index is 11.8. The van der Waals surface area contributed by atoms with E-state index in [0.717, 1.165) is 18.9 Å².